The standard InChI is InChI=1S/C9H11ClN6O/c1-5-14-7(16-17-5)4-12-8-6(10)3-13-9(11-2)15-8/h3H,4H2,1-2H3,(H2,11,12,13,15). The van der Waals surface area contributed by atoms with E-state index >= 15 is 0 Å². The summed E-state index contributed by atoms with van der Waals surface area (Å²) in [7, 11) is 1.73. The predicted octanol–water partition coefficient (Wildman–Crippen LogP) is 1.48. The molecule has 90 valence electrons. The summed E-state index contributed by atoms with van der Waals surface area (Å²) in [5.41, 5.74) is 0. The molecule has 2 aromatic rings. The lowest BCUT2D eigenvalue weighted by atomic mass is 10.5. The van der Waals surface area contributed by atoms with Gasteiger partial charge in [-0.2, -0.15) is 9.97 Å². The van der Waals surface area contributed by atoms with Crippen LogP contribution in [-0.4, -0.2) is 27.2 Å². The van der Waals surface area contributed by atoms with Crippen molar-refractivity contribution in [3.8, 4) is 0 Å². The van der Waals surface area contributed by atoms with Crippen molar-refractivity contribution in [1.29, 1.82) is 0 Å². The van der Waals surface area contributed by atoms with Crippen LogP contribution in [0.15, 0.2) is 10.7 Å². The molecule has 0 unspecified atom stereocenters. The zero-order valence-electron chi connectivity index (χ0n) is 9.36. The topological polar surface area (TPSA) is 88.8 Å². The molecule has 0 radical (unpaired) electrons. The Morgan fingerprint density at radius 3 is 2.88 bits per heavy atom. The number of hydrogen-bond acceptors (Lipinski definition) is 7. The number of nitrogens with one attached hydrogen (secondary N) is 2. The minimum absolute atomic E-state index is 0.386. The zero-order chi connectivity index (χ0) is 12.3. The first kappa shape index (κ1) is 11.6. The summed E-state index contributed by atoms with van der Waals surface area (Å²) in [5, 5.41) is 10.0. The minimum atomic E-state index is 0.386. The minimum Gasteiger partial charge on any atom is -0.361 e. The van der Waals surface area contributed by atoms with Crippen LogP contribution >= 0.6 is 11.6 Å². The molecule has 2 heterocycles. The first-order valence-electron chi connectivity index (χ1n) is 4.92. The second kappa shape index (κ2) is 4.96. The van der Waals surface area contributed by atoms with Gasteiger partial charge in [0.15, 0.2) is 11.6 Å². The molecule has 0 saturated heterocycles. The van der Waals surface area contributed by atoms with Crippen LogP contribution in [0.1, 0.15) is 11.7 Å². The molecule has 2 aromatic heterocycles. The molecule has 0 atom stereocenters. The van der Waals surface area contributed by atoms with Gasteiger partial charge in [0, 0.05) is 14.0 Å². The van der Waals surface area contributed by atoms with Crippen LogP contribution < -0.4 is 10.6 Å². The third-order valence-electron chi connectivity index (χ3n) is 1.95. The summed E-state index contributed by atoms with van der Waals surface area (Å²) in [6, 6.07) is 0. The average Bonchev–Trinajstić information content (AvgIpc) is 2.74. The third-order valence-corrected chi connectivity index (χ3v) is 2.23. The fourth-order valence-electron chi connectivity index (χ4n) is 1.19. The fraction of sp³-hybridized carbons (Fsp3) is 0.333. The molecule has 0 amide bonds. The van der Waals surface area contributed by atoms with E-state index in [1.54, 1.807) is 14.0 Å². The number of aromatic nitrogens is 4. The summed E-state index contributed by atoms with van der Waals surface area (Å²) in [5.74, 6) is 2.07. The van der Waals surface area contributed by atoms with Gasteiger partial charge in [0.1, 0.15) is 5.02 Å². The maximum absolute atomic E-state index is 5.95. The summed E-state index contributed by atoms with van der Waals surface area (Å²) in [6.45, 7) is 2.12. The van der Waals surface area contributed by atoms with Crippen molar-refractivity contribution >= 4 is 23.4 Å². The zero-order valence-corrected chi connectivity index (χ0v) is 10.1. The van der Waals surface area contributed by atoms with Gasteiger partial charge < -0.3 is 15.2 Å². The number of halogens is 1. The van der Waals surface area contributed by atoms with Crippen LogP contribution in [0.25, 0.3) is 0 Å². The molecule has 2 N–H and O–H groups in total. The van der Waals surface area contributed by atoms with Gasteiger partial charge in [-0.25, -0.2) is 4.98 Å². The Bertz CT molecular complexity index is 514. The summed E-state index contributed by atoms with van der Waals surface area (Å²) in [4.78, 5) is 12.2. The molecule has 0 aliphatic heterocycles. The Balaban J connectivity index is 2.07. The SMILES string of the molecule is CNc1ncc(Cl)c(NCc2noc(C)n2)n1. The molecular weight excluding hydrogens is 244 g/mol. The summed E-state index contributed by atoms with van der Waals surface area (Å²) in [6.07, 6.45) is 1.52. The van der Waals surface area contributed by atoms with Crippen molar-refractivity contribution in [1.82, 2.24) is 20.1 Å². The van der Waals surface area contributed by atoms with E-state index in [-0.39, 0.29) is 0 Å². The molecule has 0 saturated carbocycles. The number of anilines is 2. The van der Waals surface area contributed by atoms with Crippen LogP contribution in [0.2, 0.25) is 5.02 Å². The van der Waals surface area contributed by atoms with Gasteiger partial charge in [0.25, 0.3) is 0 Å². The number of aryl methyl sites for hydroxylation is 1. The van der Waals surface area contributed by atoms with Gasteiger partial charge in [-0.05, 0) is 0 Å². The molecule has 7 nitrogen and oxygen atoms in total. The molecule has 0 spiro atoms. The molecule has 0 aliphatic carbocycles. The second-order valence-electron chi connectivity index (χ2n) is 3.22. The van der Waals surface area contributed by atoms with Gasteiger partial charge in [0.2, 0.25) is 11.8 Å². The van der Waals surface area contributed by atoms with Crippen LogP contribution in [-0.2, 0) is 6.54 Å². The Morgan fingerprint density at radius 2 is 2.24 bits per heavy atom. The lowest BCUT2D eigenvalue weighted by Gasteiger charge is -2.06. The van der Waals surface area contributed by atoms with E-state index in [1.165, 1.54) is 6.20 Å². The largest absolute Gasteiger partial charge is 0.361 e. The average molecular weight is 255 g/mol. The van der Waals surface area contributed by atoms with Gasteiger partial charge in [-0.15, -0.1) is 0 Å². The van der Waals surface area contributed by atoms with Crippen molar-refractivity contribution in [3.63, 3.8) is 0 Å². The van der Waals surface area contributed by atoms with Gasteiger partial charge in [-0.1, -0.05) is 16.8 Å². The van der Waals surface area contributed by atoms with E-state index in [4.69, 9.17) is 16.1 Å². The molecule has 0 aliphatic rings. The Morgan fingerprint density at radius 1 is 1.41 bits per heavy atom. The van der Waals surface area contributed by atoms with Crippen molar-refractivity contribution in [2.24, 2.45) is 0 Å². The van der Waals surface area contributed by atoms with Crippen LogP contribution in [0.4, 0.5) is 11.8 Å². The van der Waals surface area contributed by atoms with Gasteiger partial charge in [0.05, 0.1) is 12.7 Å². The van der Waals surface area contributed by atoms with Crippen LogP contribution in [0, 0.1) is 6.92 Å². The normalized spacial score (nSPS) is 10.3. The second-order valence-corrected chi connectivity index (χ2v) is 3.63. The number of rotatable bonds is 4. The number of nitrogens with zero attached hydrogens (tertiary/aromatic N) is 4. The van der Waals surface area contributed by atoms with E-state index in [0.717, 1.165) is 0 Å². The predicted molar refractivity (Wildman–Crippen MR) is 63.0 cm³/mol. The van der Waals surface area contributed by atoms with Crippen molar-refractivity contribution < 1.29 is 4.52 Å². The Labute approximate surface area is 103 Å². The first-order chi connectivity index (χ1) is 8.19. The van der Waals surface area contributed by atoms with Crippen molar-refractivity contribution in [3.05, 3.63) is 22.9 Å². The highest BCUT2D eigenvalue weighted by Crippen LogP contribution is 2.19. The molecule has 0 bridgehead atoms. The monoisotopic (exact) mass is 254 g/mol. The van der Waals surface area contributed by atoms with Gasteiger partial charge in [-0.3, -0.25) is 0 Å². The first-order valence-corrected chi connectivity index (χ1v) is 5.30. The molecule has 0 fully saturated rings. The van der Waals surface area contributed by atoms with E-state index in [1.807, 2.05) is 0 Å². The van der Waals surface area contributed by atoms with E-state index in [2.05, 4.69) is 30.7 Å². The highest BCUT2D eigenvalue weighted by Gasteiger charge is 2.06. The lowest BCUT2D eigenvalue weighted by molar-refractivity contribution is 0.388. The summed E-state index contributed by atoms with van der Waals surface area (Å²) >= 11 is 5.95. The summed E-state index contributed by atoms with van der Waals surface area (Å²) < 4.78 is 4.85. The van der Waals surface area contributed by atoms with E-state index < -0.39 is 0 Å². The lowest BCUT2D eigenvalue weighted by Crippen LogP contribution is -2.06. The van der Waals surface area contributed by atoms with Crippen molar-refractivity contribution in [2.45, 2.75) is 13.5 Å². The Kier molecular flexibility index (Phi) is 3.38. The maximum atomic E-state index is 5.95. The maximum Gasteiger partial charge on any atom is 0.224 e. The van der Waals surface area contributed by atoms with E-state index in [0.29, 0.717) is 35.0 Å². The van der Waals surface area contributed by atoms with Crippen LogP contribution in [0.5, 0.6) is 0 Å². The quantitative estimate of drug-likeness (QED) is 0.854. The molecule has 2 rings (SSSR count). The highest BCUT2D eigenvalue weighted by atomic mass is 35.5. The number of hydrogen-bond donors (Lipinski definition) is 2. The fourth-order valence-corrected chi connectivity index (χ4v) is 1.35. The van der Waals surface area contributed by atoms with E-state index in [9.17, 15) is 0 Å². The van der Waals surface area contributed by atoms with Crippen molar-refractivity contribution in [2.75, 3.05) is 17.7 Å². The highest BCUT2D eigenvalue weighted by molar-refractivity contribution is 6.32. The molecule has 8 heteroatoms. The molecule has 0 aromatic carbocycles. The third kappa shape index (κ3) is 2.82. The smallest absolute Gasteiger partial charge is 0.224 e. The van der Waals surface area contributed by atoms with Crippen LogP contribution in [0.3, 0.4) is 0 Å². The van der Waals surface area contributed by atoms with Gasteiger partial charge >= 0.3 is 0 Å². The Hall–Kier alpha value is -1.89. The molecular formula is C9H11ClN6O. The molecule has 17 heavy (non-hydrogen) atoms.